The van der Waals surface area contributed by atoms with Crippen molar-refractivity contribution >= 4 is 5.97 Å². The lowest BCUT2D eigenvalue weighted by Crippen LogP contribution is -2.07. The first-order chi connectivity index (χ1) is 14.8. The first-order valence-electron chi connectivity index (χ1n) is 12.7. The quantitative estimate of drug-likeness (QED) is 0.121. The van der Waals surface area contributed by atoms with Gasteiger partial charge >= 0.3 is 5.97 Å². The van der Waals surface area contributed by atoms with Gasteiger partial charge in [0.1, 0.15) is 0 Å². The van der Waals surface area contributed by atoms with E-state index in [1.54, 1.807) is 0 Å². The third-order valence-corrected chi connectivity index (χ3v) is 5.72. The van der Waals surface area contributed by atoms with Crippen LogP contribution in [-0.2, 0) is 16.2 Å². The maximum atomic E-state index is 12.0. The van der Waals surface area contributed by atoms with Crippen LogP contribution in [0.15, 0.2) is 24.3 Å². The van der Waals surface area contributed by atoms with Gasteiger partial charge in [-0.15, -0.1) is 0 Å². The molecule has 30 heavy (non-hydrogen) atoms. The Labute approximate surface area is 185 Å². The first kappa shape index (κ1) is 26.7. The highest BCUT2D eigenvalue weighted by molar-refractivity contribution is 5.88. The van der Waals surface area contributed by atoms with Gasteiger partial charge in [0.15, 0.2) is 0 Å². The average Bonchev–Trinajstić information content (AvgIpc) is 2.77. The molecule has 0 aliphatic heterocycles. The number of rotatable bonds is 20. The molecule has 0 saturated carbocycles. The van der Waals surface area contributed by atoms with E-state index >= 15 is 0 Å². The predicted octanol–water partition coefficient (Wildman–Crippen LogP) is 8.60. The highest BCUT2D eigenvalue weighted by atomic mass is 17.2. The van der Waals surface area contributed by atoms with Crippen molar-refractivity contribution in [2.45, 2.75) is 123 Å². The van der Waals surface area contributed by atoms with Crippen molar-refractivity contribution in [1.82, 2.24) is 0 Å². The molecule has 0 aliphatic carbocycles. The van der Waals surface area contributed by atoms with Crippen LogP contribution in [0.4, 0.5) is 0 Å². The zero-order chi connectivity index (χ0) is 21.7. The zero-order valence-electron chi connectivity index (χ0n) is 19.8. The fraction of sp³-hybridized carbons (Fsp3) is 0.741. The molecule has 3 nitrogen and oxygen atoms in total. The van der Waals surface area contributed by atoms with Gasteiger partial charge in [0.25, 0.3) is 0 Å². The maximum Gasteiger partial charge on any atom is 0.373 e. The van der Waals surface area contributed by atoms with Crippen LogP contribution in [-0.4, -0.2) is 12.6 Å². The average molecular weight is 419 g/mol. The summed E-state index contributed by atoms with van der Waals surface area (Å²) in [6, 6.07) is 7.72. The van der Waals surface area contributed by atoms with Crippen LogP contribution in [0.1, 0.15) is 133 Å². The minimum Gasteiger partial charge on any atom is -0.293 e. The molecule has 0 spiro atoms. The molecular formula is C27H46O3. The molecule has 0 radical (unpaired) electrons. The zero-order valence-corrected chi connectivity index (χ0v) is 19.8. The van der Waals surface area contributed by atoms with E-state index in [4.69, 9.17) is 9.78 Å². The van der Waals surface area contributed by atoms with Crippen molar-refractivity contribution in [1.29, 1.82) is 0 Å². The third-order valence-electron chi connectivity index (χ3n) is 5.72. The summed E-state index contributed by atoms with van der Waals surface area (Å²) in [5.41, 5.74) is 1.84. The Balaban J connectivity index is 1.94. The minimum absolute atomic E-state index is 0.397. The second kappa shape index (κ2) is 19.6. The van der Waals surface area contributed by atoms with Gasteiger partial charge in [-0.1, -0.05) is 116 Å². The van der Waals surface area contributed by atoms with Gasteiger partial charge in [0.2, 0.25) is 0 Å². The molecule has 0 N–H and O–H groups in total. The van der Waals surface area contributed by atoms with Crippen LogP contribution < -0.4 is 0 Å². The second-order valence-electron chi connectivity index (χ2n) is 8.59. The highest BCUT2D eigenvalue weighted by Crippen LogP contribution is 2.13. The summed E-state index contributed by atoms with van der Waals surface area (Å²) >= 11 is 0. The minimum atomic E-state index is -0.397. The molecule has 1 rings (SSSR count). The number of hydrogen-bond acceptors (Lipinski definition) is 3. The fourth-order valence-electron chi connectivity index (χ4n) is 3.71. The summed E-state index contributed by atoms with van der Waals surface area (Å²) in [7, 11) is 0. The van der Waals surface area contributed by atoms with Crippen molar-refractivity contribution in [3.8, 4) is 0 Å². The number of hydrogen-bond donors (Lipinski definition) is 0. The van der Waals surface area contributed by atoms with E-state index in [-0.39, 0.29) is 0 Å². The number of benzene rings is 1. The Morgan fingerprint density at radius 3 is 1.63 bits per heavy atom. The normalized spacial score (nSPS) is 11.0. The van der Waals surface area contributed by atoms with Gasteiger partial charge in [-0.3, -0.25) is 4.89 Å². The SMILES string of the molecule is CCCCCCCCCCCCCCOOC(=O)c1ccc(CCCCCC)cc1. The Morgan fingerprint density at radius 1 is 0.633 bits per heavy atom. The first-order valence-corrected chi connectivity index (χ1v) is 12.7. The van der Waals surface area contributed by atoms with E-state index in [0.717, 1.165) is 19.3 Å². The van der Waals surface area contributed by atoms with Crippen LogP contribution in [0.2, 0.25) is 0 Å². The molecule has 0 heterocycles. The summed E-state index contributed by atoms with van der Waals surface area (Å²) < 4.78 is 0. The molecule has 1 aromatic carbocycles. The van der Waals surface area contributed by atoms with E-state index in [1.165, 1.54) is 95.5 Å². The molecule has 0 unspecified atom stereocenters. The van der Waals surface area contributed by atoms with Gasteiger partial charge in [0, 0.05) is 0 Å². The largest absolute Gasteiger partial charge is 0.373 e. The topological polar surface area (TPSA) is 35.5 Å². The Kier molecular flexibility index (Phi) is 17.4. The molecular weight excluding hydrogens is 372 g/mol. The highest BCUT2D eigenvalue weighted by Gasteiger charge is 2.08. The lowest BCUT2D eigenvalue weighted by Gasteiger charge is -2.06. The fourth-order valence-corrected chi connectivity index (χ4v) is 3.71. The summed E-state index contributed by atoms with van der Waals surface area (Å²) in [6.45, 7) is 4.97. The predicted molar refractivity (Wildman–Crippen MR) is 127 cm³/mol. The van der Waals surface area contributed by atoms with Crippen LogP contribution >= 0.6 is 0 Å². The summed E-state index contributed by atoms with van der Waals surface area (Å²) in [5.74, 6) is -0.397. The standard InChI is InChI=1S/C27H46O3/c1-3-5-7-9-10-11-12-13-14-15-16-18-24-29-30-27(28)26-22-20-25(21-23-26)19-17-8-6-4-2/h20-23H,3-19,24H2,1-2H3. The monoisotopic (exact) mass is 418 g/mol. The molecule has 0 atom stereocenters. The van der Waals surface area contributed by atoms with Gasteiger partial charge < -0.3 is 0 Å². The van der Waals surface area contributed by atoms with Crippen LogP contribution in [0.5, 0.6) is 0 Å². The van der Waals surface area contributed by atoms with Crippen molar-refractivity contribution < 1.29 is 14.6 Å². The molecule has 1 aromatic rings. The molecule has 0 aromatic heterocycles. The molecule has 0 fully saturated rings. The van der Waals surface area contributed by atoms with Crippen LogP contribution in [0.25, 0.3) is 0 Å². The summed E-state index contributed by atoms with van der Waals surface area (Å²) in [6.07, 6.45) is 21.8. The number of carbonyl (C=O) groups is 1. The van der Waals surface area contributed by atoms with E-state index in [0.29, 0.717) is 12.2 Å². The molecule has 0 bridgehead atoms. The van der Waals surface area contributed by atoms with E-state index in [1.807, 2.05) is 24.3 Å². The smallest absolute Gasteiger partial charge is 0.293 e. The molecule has 0 saturated heterocycles. The van der Waals surface area contributed by atoms with Crippen molar-refractivity contribution in [2.75, 3.05) is 6.61 Å². The van der Waals surface area contributed by atoms with E-state index < -0.39 is 5.97 Å². The summed E-state index contributed by atoms with van der Waals surface area (Å²) in [5, 5.41) is 0. The third kappa shape index (κ3) is 14.6. The number of unbranched alkanes of at least 4 members (excludes halogenated alkanes) is 14. The lowest BCUT2D eigenvalue weighted by atomic mass is 10.0. The Hall–Kier alpha value is -1.35. The molecule has 0 aliphatic rings. The lowest BCUT2D eigenvalue weighted by molar-refractivity contribution is -0.241. The van der Waals surface area contributed by atoms with Gasteiger partial charge in [0.05, 0.1) is 12.2 Å². The maximum absolute atomic E-state index is 12.0. The summed E-state index contributed by atoms with van der Waals surface area (Å²) in [4.78, 5) is 22.1. The Bertz CT molecular complexity index is 509. The van der Waals surface area contributed by atoms with E-state index in [2.05, 4.69) is 13.8 Å². The number of carbonyl (C=O) groups excluding carboxylic acids is 1. The van der Waals surface area contributed by atoms with Gasteiger partial charge in [-0.2, -0.15) is 4.89 Å². The Morgan fingerprint density at radius 2 is 1.10 bits per heavy atom. The van der Waals surface area contributed by atoms with Crippen LogP contribution in [0, 0.1) is 0 Å². The molecule has 0 amide bonds. The van der Waals surface area contributed by atoms with Crippen molar-refractivity contribution in [3.05, 3.63) is 35.4 Å². The van der Waals surface area contributed by atoms with Gasteiger partial charge in [-0.25, -0.2) is 4.79 Å². The molecule has 3 heteroatoms. The van der Waals surface area contributed by atoms with Crippen molar-refractivity contribution in [3.63, 3.8) is 0 Å². The van der Waals surface area contributed by atoms with Crippen LogP contribution in [0.3, 0.4) is 0 Å². The second-order valence-corrected chi connectivity index (χ2v) is 8.59. The molecule has 172 valence electrons. The number of aryl methyl sites for hydroxylation is 1. The van der Waals surface area contributed by atoms with Crippen molar-refractivity contribution in [2.24, 2.45) is 0 Å². The van der Waals surface area contributed by atoms with E-state index in [9.17, 15) is 4.79 Å². The van der Waals surface area contributed by atoms with Gasteiger partial charge in [-0.05, 0) is 37.0 Å².